The molecular weight excluding hydrogens is 260 g/mol. The van der Waals surface area contributed by atoms with Gasteiger partial charge in [0.1, 0.15) is 0 Å². The fourth-order valence-corrected chi connectivity index (χ4v) is 3.19. The molecular formula is C14H22N2O2S. The summed E-state index contributed by atoms with van der Waals surface area (Å²) in [5.41, 5.74) is 1.38. The van der Waals surface area contributed by atoms with E-state index < -0.39 is 0 Å². The molecule has 4 nitrogen and oxygen atoms in total. The molecule has 1 aliphatic heterocycles. The molecule has 0 atom stereocenters. The maximum Gasteiger partial charge on any atom is 0.234 e. The van der Waals surface area contributed by atoms with Crippen molar-refractivity contribution in [1.29, 1.82) is 0 Å². The van der Waals surface area contributed by atoms with E-state index >= 15 is 0 Å². The summed E-state index contributed by atoms with van der Waals surface area (Å²) in [6.07, 6.45) is 2.90. The third-order valence-corrected chi connectivity index (χ3v) is 4.34. The Morgan fingerprint density at radius 2 is 2.26 bits per heavy atom. The van der Waals surface area contributed by atoms with Gasteiger partial charge in [-0.1, -0.05) is 6.92 Å². The Morgan fingerprint density at radius 1 is 1.47 bits per heavy atom. The predicted molar refractivity (Wildman–Crippen MR) is 77.4 cm³/mol. The average Bonchev–Trinajstić information content (AvgIpc) is 2.87. The van der Waals surface area contributed by atoms with E-state index in [4.69, 9.17) is 4.74 Å². The Labute approximate surface area is 118 Å². The summed E-state index contributed by atoms with van der Waals surface area (Å²) in [5, 5.41) is 8.38. The van der Waals surface area contributed by atoms with Crippen LogP contribution in [0.5, 0.6) is 0 Å². The minimum Gasteiger partial charge on any atom is -0.381 e. The van der Waals surface area contributed by atoms with Crippen LogP contribution in [0, 0.1) is 0 Å². The van der Waals surface area contributed by atoms with Gasteiger partial charge in [-0.2, -0.15) is 0 Å². The summed E-state index contributed by atoms with van der Waals surface area (Å²) in [6.45, 7) is 4.84. The average molecular weight is 282 g/mol. The number of carbonyl (C=O) groups excluding carboxylic acids is 1. The SMILES string of the molecule is CCc1ccsc1CNCC(=O)NC1CCOCC1. The maximum atomic E-state index is 11.8. The zero-order valence-corrected chi connectivity index (χ0v) is 12.2. The molecule has 1 aromatic heterocycles. The van der Waals surface area contributed by atoms with Crippen molar-refractivity contribution >= 4 is 17.2 Å². The second kappa shape index (κ2) is 7.62. The summed E-state index contributed by atoms with van der Waals surface area (Å²) >= 11 is 1.75. The van der Waals surface area contributed by atoms with E-state index in [2.05, 4.69) is 29.0 Å². The summed E-state index contributed by atoms with van der Waals surface area (Å²) in [5.74, 6) is 0.0847. The first-order chi connectivity index (χ1) is 9.29. The number of carbonyl (C=O) groups is 1. The summed E-state index contributed by atoms with van der Waals surface area (Å²) in [6, 6.07) is 2.44. The van der Waals surface area contributed by atoms with Gasteiger partial charge in [0, 0.05) is 30.7 Å². The van der Waals surface area contributed by atoms with Crippen LogP contribution >= 0.6 is 11.3 Å². The molecule has 1 fully saturated rings. The molecule has 19 heavy (non-hydrogen) atoms. The Kier molecular flexibility index (Phi) is 5.82. The van der Waals surface area contributed by atoms with Crippen LogP contribution in [0.4, 0.5) is 0 Å². The van der Waals surface area contributed by atoms with E-state index in [0.29, 0.717) is 6.54 Å². The number of hydrogen-bond donors (Lipinski definition) is 2. The number of thiophene rings is 1. The highest BCUT2D eigenvalue weighted by molar-refractivity contribution is 7.10. The zero-order chi connectivity index (χ0) is 13.5. The van der Waals surface area contributed by atoms with E-state index in [1.807, 2.05) is 0 Å². The smallest absolute Gasteiger partial charge is 0.234 e. The number of amides is 1. The first-order valence-corrected chi connectivity index (χ1v) is 7.80. The lowest BCUT2D eigenvalue weighted by atomic mass is 10.1. The normalized spacial score (nSPS) is 16.5. The number of ether oxygens (including phenoxy) is 1. The molecule has 5 heteroatoms. The molecule has 0 unspecified atom stereocenters. The summed E-state index contributed by atoms with van der Waals surface area (Å²) < 4.78 is 5.27. The van der Waals surface area contributed by atoms with Gasteiger partial charge in [0.15, 0.2) is 0 Å². The van der Waals surface area contributed by atoms with Crippen LogP contribution < -0.4 is 10.6 Å². The second-order valence-electron chi connectivity index (χ2n) is 4.78. The molecule has 1 amide bonds. The topological polar surface area (TPSA) is 50.4 Å². The van der Waals surface area contributed by atoms with Crippen molar-refractivity contribution in [2.45, 2.75) is 38.8 Å². The Hall–Kier alpha value is -0.910. The number of aryl methyl sites for hydroxylation is 1. The summed E-state index contributed by atoms with van der Waals surface area (Å²) in [4.78, 5) is 13.1. The van der Waals surface area contributed by atoms with E-state index in [0.717, 1.165) is 39.0 Å². The lowest BCUT2D eigenvalue weighted by molar-refractivity contribution is -0.121. The van der Waals surface area contributed by atoms with Crippen molar-refractivity contribution in [3.05, 3.63) is 21.9 Å². The molecule has 0 bridgehead atoms. The fraction of sp³-hybridized carbons (Fsp3) is 0.643. The number of rotatable bonds is 6. The van der Waals surface area contributed by atoms with Crippen LogP contribution in [0.1, 0.15) is 30.2 Å². The fourth-order valence-electron chi connectivity index (χ4n) is 2.25. The van der Waals surface area contributed by atoms with Crippen molar-refractivity contribution in [2.75, 3.05) is 19.8 Å². The molecule has 106 valence electrons. The van der Waals surface area contributed by atoms with Crippen molar-refractivity contribution in [1.82, 2.24) is 10.6 Å². The van der Waals surface area contributed by atoms with Crippen LogP contribution in [-0.4, -0.2) is 31.7 Å². The van der Waals surface area contributed by atoms with Crippen LogP contribution in [-0.2, 0) is 22.5 Å². The largest absolute Gasteiger partial charge is 0.381 e. The van der Waals surface area contributed by atoms with Gasteiger partial charge in [0.25, 0.3) is 0 Å². The monoisotopic (exact) mass is 282 g/mol. The molecule has 0 spiro atoms. The molecule has 0 radical (unpaired) electrons. The molecule has 0 aromatic carbocycles. The van der Waals surface area contributed by atoms with Gasteiger partial charge in [-0.05, 0) is 36.3 Å². The van der Waals surface area contributed by atoms with E-state index in [1.54, 1.807) is 11.3 Å². The first-order valence-electron chi connectivity index (χ1n) is 6.92. The molecule has 2 N–H and O–H groups in total. The van der Waals surface area contributed by atoms with Crippen LogP contribution in [0.15, 0.2) is 11.4 Å². The first kappa shape index (κ1) is 14.5. The molecule has 2 heterocycles. The highest BCUT2D eigenvalue weighted by Crippen LogP contribution is 2.16. The molecule has 2 rings (SSSR count). The van der Waals surface area contributed by atoms with Gasteiger partial charge < -0.3 is 15.4 Å². The number of hydrogen-bond acceptors (Lipinski definition) is 4. The van der Waals surface area contributed by atoms with Crippen LogP contribution in [0.25, 0.3) is 0 Å². The minimum absolute atomic E-state index is 0.0847. The third-order valence-electron chi connectivity index (χ3n) is 3.38. The van der Waals surface area contributed by atoms with Gasteiger partial charge in [-0.3, -0.25) is 4.79 Å². The standard InChI is InChI=1S/C14H22N2O2S/c1-2-11-5-8-19-13(11)9-15-10-14(17)16-12-3-6-18-7-4-12/h5,8,12,15H,2-4,6-7,9-10H2,1H3,(H,16,17). The molecule has 0 saturated carbocycles. The van der Waals surface area contributed by atoms with Gasteiger partial charge in [0.05, 0.1) is 6.54 Å². The predicted octanol–water partition coefficient (Wildman–Crippen LogP) is 1.70. The van der Waals surface area contributed by atoms with Crippen LogP contribution in [0.3, 0.4) is 0 Å². The van der Waals surface area contributed by atoms with Crippen LogP contribution in [0.2, 0.25) is 0 Å². The van der Waals surface area contributed by atoms with Crippen molar-refractivity contribution in [2.24, 2.45) is 0 Å². The zero-order valence-electron chi connectivity index (χ0n) is 11.4. The second-order valence-corrected chi connectivity index (χ2v) is 5.78. The van der Waals surface area contributed by atoms with Crippen molar-refractivity contribution < 1.29 is 9.53 Å². The Morgan fingerprint density at radius 3 is 3.00 bits per heavy atom. The maximum absolute atomic E-state index is 11.8. The third kappa shape index (κ3) is 4.60. The Bertz CT molecular complexity index is 400. The number of nitrogens with one attached hydrogen (secondary N) is 2. The molecule has 1 aromatic rings. The molecule has 0 aliphatic carbocycles. The Balaban J connectivity index is 1.66. The van der Waals surface area contributed by atoms with Gasteiger partial charge in [-0.25, -0.2) is 0 Å². The lowest BCUT2D eigenvalue weighted by Gasteiger charge is -2.23. The summed E-state index contributed by atoms with van der Waals surface area (Å²) in [7, 11) is 0. The molecule has 1 saturated heterocycles. The minimum atomic E-state index is 0.0847. The quantitative estimate of drug-likeness (QED) is 0.835. The van der Waals surface area contributed by atoms with E-state index in [-0.39, 0.29) is 11.9 Å². The van der Waals surface area contributed by atoms with Gasteiger partial charge in [-0.15, -0.1) is 11.3 Å². The van der Waals surface area contributed by atoms with Gasteiger partial charge >= 0.3 is 0 Å². The highest BCUT2D eigenvalue weighted by Gasteiger charge is 2.15. The lowest BCUT2D eigenvalue weighted by Crippen LogP contribution is -2.42. The van der Waals surface area contributed by atoms with Gasteiger partial charge in [0.2, 0.25) is 5.91 Å². The van der Waals surface area contributed by atoms with Crippen molar-refractivity contribution in [3.63, 3.8) is 0 Å². The highest BCUT2D eigenvalue weighted by atomic mass is 32.1. The van der Waals surface area contributed by atoms with E-state index in [9.17, 15) is 4.79 Å². The van der Waals surface area contributed by atoms with Crippen molar-refractivity contribution in [3.8, 4) is 0 Å². The van der Waals surface area contributed by atoms with E-state index in [1.165, 1.54) is 10.4 Å². The molecule has 1 aliphatic rings.